The highest BCUT2D eigenvalue weighted by molar-refractivity contribution is 5.73. The minimum Gasteiger partial charge on any atom is -0.373 e. The molecule has 1 aromatic rings. The second-order valence-corrected chi connectivity index (χ2v) is 5.67. The Morgan fingerprint density at radius 1 is 1.38 bits per heavy atom. The van der Waals surface area contributed by atoms with E-state index < -0.39 is 0 Å². The van der Waals surface area contributed by atoms with Crippen LogP contribution in [-0.4, -0.2) is 54.3 Å². The van der Waals surface area contributed by atoms with Crippen molar-refractivity contribution >= 4 is 6.03 Å². The van der Waals surface area contributed by atoms with Gasteiger partial charge in [-0.25, -0.2) is 4.79 Å². The summed E-state index contributed by atoms with van der Waals surface area (Å²) in [7, 11) is 0. The summed E-state index contributed by atoms with van der Waals surface area (Å²) in [6.07, 6.45) is 6.05. The first-order valence-corrected chi connectivity index (χ1v) is 7.57. The maximum atomic E-state index is 11.8. The summed E-state index contributed by atoms with van der Waals surface area (Å²) in [5, 5.41) is 5.72. The zero-order valence-electron chi connectivity index (χ0n) is 12.1. The normalized spacial score (nSPS) is 25.3. The fourth-order valence-corrected chi connectivity index (χ4v) is 2.96. The van der Waals surface area contributed by atoms with E-state index in [9.17, 15) is 4.79 Å². The number of pyridine rings is 1. The van der Waals surface area contributed by atoms with Gasteiger partial charge < -0.3 is 15.4 Å². The van der Waals surface area contributed by atoms with Crippen LogP contribution in [0.15, 0.2) is 24.5 Å². The number of urea groups is 1. The second kappa shape index (κ2) is 6.87. The molecule has 3 heterocycles. The summed E-state index contributed by atoms with van der Waals surface area (Å²) in [5.41, 5.74) is 1.04. The fraction of sp³-hybridized carbons (Fsp3) is 0.600. The van der Waals surface area contributed by atoms with Crippen LogP contribution in [0, 0.1) is 0 Å². The van der Waals surface area contributed by atoms with E-state index in [0.717, 1.165) is 18.7 Å². The van der Waals surface area contributed by atoms with Gasteiger partial charge in [0.2, 0.25) is 0 Å². The Labute approximate surface area is 124 Å². The predicted molar refractivity (Wildman–Crippen MR) is 78.8 cm³/mol. The van der Waals surface area contributed by atoms with Crippen molar-refractivity contribution in [1.82, 2.24) is 20.5 Å². The summed E-state index contributed by atoms with van der Waals surface area (Å²) in [6.45, 7) is 3.96. The smallest absolute Gasteiger partial charge is 0.315 e. The van der Waals surface area contributed by atoms with Gasteiger partial charge >= 0.3 is 6.03 Å². The molecule has 6 nitrogen and oxygen atoms in total. The van der Waals surface area contributed by atoms with Gasteiger partial charge in [0.25, 0.3) is 0 Å². The third-order valence-electron chi connectivity index (χ3n) is 4.15. The van der Waals surface area contributed by atoms with Crippen molar-refractivity contribution in [2.24, 2.45) is 0 Å². The van der Waals surface area contributed by atoms with Crippen molar-refractivity contribution in [2.45, 2.75) is 31.5 Å². The van der Waals surface area contributed by atoms with E-state index in [1.807, 2.05) is 12.1 Å². The average Bonchev–Trinajstić information content (AvgIpc) is 2.99. The Kier molecular flexibility index (Phi) is 4.67. The van der Waals surface area contributed by atoms with Gasteiger partial charge in [0, 0.05) is 38.1 Å². The molecule has 114 valence electrons. The number of aromatic nitrogens is 1. The van der Waals surface area contributed by atoms with Crippen LogP contribution in [0.2, 0.25) is 0 Å². The van der Waals surface area contributed by atoms with Gasteiger partial charge in [0.05, 0.1) is 12.7 Å². The molecule has 0 spiro atoms. The van der Waals surface area contributed by atoms with Crippen LogP contribution in [0.5, 0.6) is 0 Å². The highest BCUT2D eigenvalue weighted by Gasteiger charge is 2.32. The zero-order chi connectivity index (χ0) is 14.5. The highest BCUT2D eigenvalue weighted by atomic mass is 16.5. The lowest BCUT2D eigenvalue weighted by Gasteiger charge is -2.35. The van der Waals surface area contributed by atoms with E-state index in [1.165, 1.54) is 19.4 Å². The molecule has 2 N–H and O–H groups in total. The summed E-state index contributed by atoms with van der Waals surface area (Å²) in [6, 6.07) is 4.22. The number of amides is 2. The van der Waals surface area contributed by atoms with Crippen molar-refractivity contribution in [2.75, 3.05) is 26.2 Å². The fourth-order valence-electron chi connectivity index (χ4n) is 2.96. The molecule has 21 heavy (non-hydrogen) atoms. The molecule has 0 aliphatic carbocycles. The Morgan fingerprint density at radius 2 is 2.24 bits per heavy atom. The van der Waals surface area contributed by atoms with E-state index in [0.29, 0.717) is 19.1 Å². The first-order valence-electron chi connectivity index (χ1n) is 7.57. The maximum absolute atomic E-state index is 11.8. The largest absolute Gasteiger partial charge is 0.373 e. The lowest BCUT2D eigenvalue weighted by Crippen LogP contribution is -2.51. The first-order chi connectivity index (χ1) is 10.3. The monoisotopic (exact) mass is 290 g/mol. The minimum atomic E-state index is -0.154. The Morgan fingerprint density at radius 3 is 3.10 bits per heavy atom. The number of carbonyl (C=O) groups is 1. The Bertz CT molecular complexity index is 468. The molecule has 2 saturated heterocycles. The van der Waals surface area contributed by atoms with Crippen LogP contribution in [0.4, 0.5) is 4.79 Å². The lowest BCUT2D eigenvalue weighted by molar-refractivity contribution is -0.0457. The van der Waals surface area contributed by atoms with E-state index in [-0.39, 0.29) is 12.1 Å². The number of hydrogen-bond donors (Lipinski definition) is 2. The number of hydrogen-bond acceptors (Lipinski definition) is 4. The van der Waals surface area contributed by atoms with Crippen molar-refractivity contribution < 1.29 is 9.53 Å². The number of rotatable bonds is 4. The molecule has 2 atom stereocenters. The van der Waals surface area contributed by atoms with Crippen LogP contribution in [0.3, 0.4) is 0 Å². The third-order valence-corrected chi connectivity index (χ3v) is 4.15. The number of morpholine rings is 1. The molecule has 0 radical (unpaired) electrons. The van der Waals surface area contributed by atoms with Crippen molar-refractivity contribution in [3.05, 3.63) is 30.1 Å². The molecule has 1 aromatic heterocycles. The van der Waals surface area contributed by atoms with Crippen LogP contribution in [-0.2, 0) is 11.3 Å². The second-order valence-electron chi connectivity index (χ2n) is 5.67. The van der Waals surface area contributed by atoms with Crippen molar-refractivity contribution in [3.8, 4) is 0 Å². The third kappa shape index (κ3) is 3.92. The van der Waals surface area contributed by atoms with Gasteiger partial charge in [0.15, 0.2) is 0 Å². The summed E-state index contributed by atoms with van der Waals surface area (Å²) in [4.78, 5) is 18.2. The molecule has 2 unspecified atom stereocenters. The summed E-state index contributed by atoms with van der Waals surface area (Å²) >= 11 is 0. The van der Waals surface area contributed by atoms with Crippen LogP contribution in [0.1, 0.15) is 18.4 Å². The molecule has 2 fully saturated rings. The predicted octanol–water partition coefficient (Wildman–Crippen LogP) is 0.744. The van der Waals surface area contributed by atoms with E-state index in [4.69, 9.17) is 4.74 Å². The zero-order valence-corrected chi connectivity index (χ0v) is 12.1. The highest BCUT2D eigenvalue weighted by Crippen LogP contribution is 2.22. The van der Waals surface area contributed by atoms with Crippen LogP contribution in [0.25, 0.3) is 0 Å². The van der Waals surface area contributed by atoms with Gasteiger partial charge in [-0.05, 0) is 37.1 Å². The lowest BCUT2D eigenvalue weighted by atomic mass is 10.2. The number of ether oxygens (including phenoxy) is 1. The van der Waals surface area contributed by atoms with Crippen LogP contribution < -0.4 is 10.6 Å². The van der Waals surface area contributed by atoms with Gasteiger partial charge in [-0.3, -0.25) is 9.88 Å². The van der Waals surface area contributed by atoms with Crippen LogP contribution >= 0.6 is 0 Å². The number of fused-ring (bicyclic) bond motifs is 1. The summed E-state index contributed by atoms with van der Waals surface area (Å²) in [5.74, 6) is 0. The Balaban J connectivity index is 1.36. The molecule has 0 aromatic carbocycles. The van der Waals surface area contributed by atoms with Gasteiger partial charge in [0.1, 0.15) is 0 Å². The SMILES string of the molecule is O=C(NCc1ccncc1)NCC1CN2CCCC2CO1. The molecular formula is C15H22N4O2. The molecule has 0 bridgehead atoms. The Hall–Kier alpha value is -1.66. The molecule has 6 heteroatoms. The molecule has 3 rings (SSSR count). The topological polar surface area (TPSA) is 66.5 Å². The average molecular weight is 290 g/mol. The van der Waals surface area contributed by atoms with Gasteiger partial charge in [-0.1, -0.05) is 0 Å². The van der Waals surface area contributed by atoms with E-state index in [1.54, 1.807) is 12.4 Å². The van der Waals surface area contributed by atoms with E-state index in [2.05, 4.69) is 20.5 Å². The molecule has 2 aliphatic rings. The first kappa shape index (κ1) is 14.3. The molecule has 0 saturated carbocycles. The number of carbonyl (C=O) groups excluding carboxylic acids is 1. The van der Waals surface area contributed by atoms with Crippen molar-refractivity contribution in [3.63, 3.8) is 0 Å². The molecular weight excluding hydrogens is 268 g/mol. The number of nitrogens with zero attached hydrogens (tertiary/aromatic N) is 2. The quantitative estimate of drug-likeness (QED) is 0.858. The maximum Gasteiger partial charge on any atom is 0.315 e. The van der Waals surface area contributed by atoms with Crippen molar-refractivity contribution in [1.29, 1.82) is 0 Å². The standard InChI is InChI=1S/C15H22N4O2/c20-15(17-8-12-3-5-16-6-4-12)18-9-14-10-19-7-1-2-13(19)11-21-14/h3-6,13-14H,1-2,7-11H2,(H2,17,18,20). The minimum absolute atomic E-state index is 0.103. The van der Waals surface area contributed by atoms with E-state index >= 15 is 0 Å². The molecule has 2 aliphatic heterocycles. The number of nitrogens with one attached hydrogen (secondary N) is 2. The van der Waals surface area contributed by atoms with Gasteiger partial charge in [-0.2, -0.15) is 0 Å². The van der Waals surface area contributed by atoms with Gasteiger partial charge in [-0.15, -0.1) is 0 Å². The summed E-state index contributed by atoms with van der Waals surface area (Å²) < 4.78 is 5.81. The molecule has 2 amide bonds.